The van der Waals surface area contributed by atoms with Crippen molar-refractivity contribution in [2.24, 2.45) is 5.73 Å². The van der Waals surface area contributed by atoms with Gasteiger partial charge in [-0.15, -0.1) is 37.2 Å². The standard InChI is InChI=1S/C23H22N4O.3ClH/c1-15-10-23(25)27-21-12-17(5-7-20(15)21)16-6-8-22(18(11-16)13-24)28-14-19-4-2-3-9-26-19;;;/h2-12H,13-14,24H2,1H3,(H2,25,27);3*1H. The number of nitrogen functional groups attached to an aromatic ring is 1. The third kappa shape index (κ3) is 5.99. The fourth-order valence-electron chi connectivity index (χ4n) is 3.30. The Morgan fingerprint density at radius 2 is 1.65 bits per heavy atom. The largest absolute Gasteiger partial charge is 0.487 e. The van der Waals surface area contributed by atoms with Gasteiger partial charge in [0.05, 0.1) is 11.2 Å². The van der Waals surface area contributed by atoms with Crippen molar-refractivity contribution in [2.45, 2.75) is 20.1 Å². The van der Waals surface area contributed by atoms with Crippen LogP contribution in [-0.2, 0) is 13.2 Å². The first-order valence-corrected chi connectivity index (χ1v) is 9.17. The Balaban J connectivity index is 0.00000160. The van der Waals surface area contributed by atoms with Crippen LogP contribution in [0, 0.1) is 6.92 Å². The molecular formula is C23H25Cl3N4O. The summed E-state index contributed by atoms with van der Waals surface area (Å²) < 4.78 is 5.94. The Morgan fingerprint density at radius 3 is 2.35 bits per heavy atom. The van der Waals surface area contributed by atoms with Gasteiger partial charge in [-0.2, -0.15) is 0 Å². The molecule has 31 heavy (non-hydrogen) atoms. The molecule has 0 spiro atoms. The fraction of sp³-hybridized carbons (Fsp3) is 0.130. The van der Waals surface area contributed by atoms with Crippen molar-refractivity contribution in [3.63, 3.8) is 0 Å². The van der Waals surface area contributed by atoms with Crippen LogP contribution in [0.15, 0.2) is 66.9 Å². The minimum Gasteiger partial charge on any atom is -0.487 e. The molecule has 4 aromatic rings. The number of hydrogen-bond acceptors (Lipinski definition) is 5. The van der Waals surface area contributed by atoms with Crippen molar-refractivity contribution in [1.29, 1.82) is 0 Å². The highest BCUT2D eigenvalue weighted by molar-refractivity contribution is 5.88. The van der Waals surface area contributed by atoms with E-state index in [1.54, 1.807) is 6.20 Å². The van der Waals surface area contributed by atoms with Gasteiger partial charge >= 0.3 is 0 Å². The van der Waals surface area contributed by atoms with E-state index in [0.29, 0.717) is 19.0 Å². The Labute approximate surface area is 200 Å². The van der Waals surface area contributed by atoms with Crippen LogP contribution in [0.1, 0.15) is 16.8 Å². The van der Waals surface area contributed by atoms with Crippen molar-refractivity contribution in [3.05, 3.63) is 83.7 Å². The van der Waals surface area contributed by atoms with E-state index in [-0.39, 0.29) is 37.2 Å². The van der Waals surface area contributed by atoms with Gasteiger partial charge in [0.25, 0.3) is 0 Å². The number of anilines is 1. The second kappa shape index (κ2) is 11.7. The number of fused-ring (bicyclic) bond motifs is 1. The number of nitrogens with two attached hydrogens (primary N) is 2. The van der Waals surface area contributed by atoms with Crippen LogP contribution in [0.25, 0.3) is 22.0 Å². The summed E-state index contributed by atoms with van der Waals surface area (Å²) in [5.74, 6) is 1.30. The number of rotatable bonds is 5. The van der Waals surface area contributed by atoms with Crippen LogP contribution in [0.2, 0.25) is 0 Å². The summed E-state index contributed by atoms with van der Waals surface area (Å²) in [7, 11) is 0. The lowest BCUT2D eigenvalue weighted by Gasteiger charge is -2.13. The molecular weight excluding hydrogens is 455 g/mol. The fourth-order valence-corrected chi connectivity index (χ4v) is 3.30. The SMILES string of the molecule is Cc1cc(N)nc2cc(-c3ccc(OCc4ccccn4)c(CN)c3)ccc12.Cl.Cl.Cl. The first-order valence-electron chi connectivity index (χ1n) is 9.17. The molecule has 2 aromatic heterocycles. The smallest absolute Gasteiger partial charge is 0.130 e. The quantitative estimate of drug-likeness (QED) is 0.395. The van der Waals surface area contributed by atoms with E-state index in [1.807, 2.05) is 43.3 Å². The molecule has 4 rings (SSSR count). The highest BCUT2D eigenvalue weighted by Gasteiger charge is 2.09. The number of aryl methyl sites for hydroxylation is 1. The molecule has 0 aliphatic heterocycles. The maximum atomic E-state index is 5.97. The van der Waals surface area contributed by atoms with Gasteiger partial charge in [-0.05, 0) is 60.0 Å². The van der Waals surface area contributed by atoms with Gasteiger partial charge in [0.15, 0.2) is 0 Å². The highest BCUT2D eigenvalue weighted by atomic mass is 35.5. The lowest BCUT2D eigenvalue weighted by molar-refractivity contribution is 0.298. The average molecular weight is 480 g/mol. The summed E-state index contributed by atoms with van der Waals surface area (Å²) in [6.07, 6.45) is 1.76. The van der Waals surface area contributed by atoms with E-state index < -0.39 is 0 Å². The normalized spacial score (nSPS) is 9.87. The summed E-state index contributed by atoms with van der Waals surface area (Å²) in [5.41, 5.74) is 17.8. The predicted molar refractivity (Wildman–Crippen MR) is 135 cm³/mol. The van der Waals surface area contributed by atoms with Gasteiger partial charge in [0, 0.05) is 23.7 Å². The molecule has 164 valence electrons. The van der Waals surface area contributed by atoms with Gasteiger partial charge < -0.3 is 16.2 Å². The number of ether oxygens (including phenoxy) is 1. The zero-order valence-electron chi connectivity index (χ0n) is 16.9. The molecule has 0 radical (unpaired) electrons. The molecule has 0 atom stereocenters. The first kappa shape index (κ1) is 26.5. The maximum absolute atomic E-state index is 5.97. The monoisotopic (exact) mass is 478 g/mol. The minimum atomic E-state index is 0. The van der Waals surface area contributed by atoms with E-state index in [9.17, 15) is 0 Å². The first-order chi connectivity index (χ1) is 13.6. The molecule has 0 amide bonds. The molecule has 4 N–H and O–H groups in total. The summed E-state index contributed by atoms with van der Waals surface area (Å²) in [6.45, 7) is 2.84. The average Bonchev–Trinajstić information content (AvgIpc) is 2.72. The number of pyridine rings is 2. The van der Waals surface area contributed by atoms with Crippen molar-refractivity contribution in [2.75, 3.05) is 5.73 Å². The van der Waals surface area contributed by atoms with E-state index in [4.69, 9.17) is 16.2 Å². The van der Waals surface area contributed by atoms with Gasteiger partial charge in [-0.25, -0.2) is 4.98 Å². The molecule has 0 fully saturated rings. The number of hydrogen-bond donors (Lipinski definition) is 2. The molecule has 2 aromatic carbocycles. The van der Waals surface area contributed by atoms with E-state index in [2.05, 4.69) is 34.2 Å². The lowest BCUT2D eigenvalue weighted by atomic mass is 9.99. The van der Waals surface area contributed by atoms with Crippen molar-refractivity contribution in [3.8, 4) is 16.9 Å². The second-order valence-corrected chi connectivity index (χ2v) is 6.73. The van der Waals surface area contributed by atoms with E-state index in [0.717, 1.165) is 44.6 Å². The van der Waals surface area contributed by atoms with E-state index in [1.165, 1.54) is 0 Å². The van der Waals surface area contributed by atoms with Crippen LogP contribution in [0.5, 0.6) is 5.75 Å². The van der Waals surface area contributed by atoms with Crippen molar-refractivity contribution in [1.82, 2.24) is 9.97 Å². The molecule has 0 aliphatic carbocycles. The second-order valence-electron chi connectivity index (χ2n) is 6.73. The van der Waals surface area contributed by atoms with E-state index >= 15 is 0 Å². The van der Waals surface area contributed by atoms with Crippen LogP contribution in [0.3, 0.4) is 0 Å². The number of aromatic nitrogens is 2. The number of nitrogens with zero attached hydrogens (tertiary/aromatic N) is 2. The molecule has 0 aliphatic rings. The predicted octanol–water partition coefficient (Wildman–Crippen LogP) is 5.49. The Hall–Kier alpha value is -2.57. The van der Waals surface area contributed by atoms with Crippen LogP contribution < -0.4 is 16.2 Å². The number of halogens is 3. The van der Waals surface area contributed by atoms with Crippen molar-refractivity contribution < 1.29 is 4.74 Å². The topological polar surface area (TPSA) is 87.0 Å². The molecule has 0 unspecified atom stereocenters. The zero-order chi connectivity index (χ0) is 19.5. The molecule has 0 bridgehead atoms. The Morgan fingerprint density at radius 1 is 0.903 bits per heavy atom. The van der Waals surface area contributed by atoms with Gasteiger partial charge in [-0.1, -0.05) is 24.3 Å². The van der Waals surface area contributed by atoms with Crippen LogP contribution in [-0.4, -0.2) is 9.97 Å². The summed E-state index contributed by atoms with van der Waals surface area (Å²) in [5, 5.41) is 1.10. The molecule has 8 heteroatoms. The van der Waals surface area contributed by atoms with Crippen LogP contribution in [0.4, 0.5) is 5.82 Å². The lowest BCUT2D eigenvalue weighted by Crippen LogP contribution is -2.04. The van der Waals surface area contributed by atoms with Crippen LogP contribution >= 0.6 is 37.2 Å². The number of benzene rings is 2. The summed E-state index contributed by atoms with van der Waals surface area (Å²) >= 11 is 0. The third-order valence-electron chi connectivity index (χ3n) is 4.75. The third-order valence-corrected chi connectivity index (χ3v) is 4.75. The molecule has 0 saturated carbocycles. The van der Waals surface area contributed by atoms with Gasteiger partial charge in [-0.3, -0.25) is 4.98 Å². The minimum absolute atomic E-state index is 0. The summed E-state index contributed by atoms with van der Waals surface area (Å²) in [6, 6.07) is 20.0. The molecule has 0 saturated heterocycles. The van der Waals surface area contributed by atoms with Crippen molar-refractivity contribution >= 4 is 53.9 Å². The summed E-state index contributed by atoms with van der Waals surface area (Å²) in [4.78, 5) is 8.75. The maximum Gasteiger partial charge on any atom is 0.130 e. The van der Waals surface area contributed by atoms with Gasteiger partial charge in [0.1, 0.15) is 18.2 Å². The zero-order valence-corrected chi connectivity index (χ0v) is 19.4. The Bertz CT molecular complexity index is 1140. The van der Waals surface area contributed by atoms with Gasteiger partial charge in [0.2, 0.25) is 0 Å². The molecule has 5 nitrogen and oxygen atoms in total. The molecule has 2 heterocycles. The Kier molecular flexibility index (Phi) is 10.0. The highest BCUT2D eigenvalue weighted by Crippen LogP contribution is 2.30.